The van der Waals surface area contributed by atoms with Gasteiger partial charge in [-0.05, 0) is 23.6 Å². The van der Waals surface area contributed by atoms with Gasteiger partial charge in [0, 0.05) is 30.2 Å². The Kier molecular flexibility index (Phi) is 5.02. The summed E-state index contributed by atoms with van der Waals surface area (Å²) in [4.78, 5) is 18.6. The molecule has 1 amide bonds. The molecule has 0 fully saturated rings. The van der Waals surface area contributed by atoms with E-state index < -0.39 is 6.09 Å². The van der Waals surface area contributed by atoms with Gasteiger partial charge in [0.05, 0.1) is 18.7 Å². The van der Waals surface area contributed by atoms with Gasteiger partial charge >= 0.3 is 6.09 Å². The second-order valence-corrected chi connectivity index (χ2v) is 7.73. The number of nitrogens with zero attached hydrogens (tertiary/aromatic N) is 2. The normalized spacial score (nSPS) is 21.0. The Morgan fingerprint density at radius 1 is 1.17 bits per heavy atom. The summed E-state index contributed by atoms with van der Waals surface area (Å²) < 4.78 is 7.71. The number of nitrogens with one attached hydrogen (secondary N) is 1. The summed E-state index contributed by atoms with van der Waals surface area (Å²) >= 11 is 0. The van der Waals surface area contributed by atoms with Gasteiger partial charge in [0.15, 0.2) is 0 Å². The van der Waals surface area contributed by atoms with Crippen molar-refractivity contribution in [2.45, 2.75) is 25.1 Å². The van der Waals surface area contributed by atoms with Gasteiger partial charge in [-0.25, -0.2) is 4.79 Å². The highest BCUT2D eigenvalue weighted by molar-refractivity contribution is 5.86. The second kappa shape index (κ2) is 7.97. The molecule has 3 heterocycles. The van der Waals surface area contributed by atoms with E-state index in [1.807, 2.05) is 47.5 Å². The maximum atomic E-state index is 12.6. The van der Waals surface area contributed by atoms with Crippen LogP contribution >= 0.6 is 0 Å². The molecule has 3 aromatic rings. The van der Waals surface area contributed by atoms with E-state index in [1.165, 1.54) is 22.2 Å². The molecule has 0 unspecified atom stereocenters. The van der Waals surface area contributed by atoms with Crippen molar-refractivity contribution in [3.8, 4) is 0 Å². The van der Waals surface area contributed by atoms with E-state index in [0.29, 0.717) is 6.61 Å². The number of fused-ring (bicyclic) bond motifs is 5. The zero-order valence-electron chi connectivity index (χ0n) is 17.0. The molecule has 1 aromatic heterocycles. The minimum atomic E-state index is -0.429. The molecule has 2 aliphatic rings. The number of para-hydroxylation sites is 1. The van der Waals surface area contributed by atoms with Crippen LogP contribution in [0.4, 0.5) is 4.79 Å². The van der Waals surface area contributed by atoms with Gasteiger partial charge in [-0.3, -0.25) is 4.84 Å². The van der Waals surface area contributed by atoms with Gasteiger partial charge in [-0.15, -0.1) is 0 Å². The average Bonchev–Trinajstić information content (AvgIpc) is 2.93. The molecule has 0 spiro atoms. The molecule has 5 rings (SSSR count). The number of aromatic nitrogens is 1. The Balaban J connectivity index is 1.43. The van der Waals surface area contributed by atoms with E-state index >= 15 is 0 Å². The third kappa shape index (κ3) is 3.38. The van der Waals surface area contributed by atoms with E-state index in [1.54, 1.807) is 0 Å². The second-order valence-electron chi connectivity index (χ2n) is 7.73. The molecule has 30 heavy (non-hydrogen) atoms. The lowest BCUT2D eigenvalue weighted by atomic mass is 9.94. The number of benzene rings is 2. The molecule has 0 saturated heterocycles. The Labute approximate surface area is 175 Å². The summed E-state index contributed by atoms with van der Waals surface area (Å²) in [6.07, 6.45) is 4.46. The molecule has 1 N–H and O–H groups in total. The van der Waals surface area contributed by atoms with E-state index in [2.05, 4.69) is 41.2 Å². The van der Waals surface area contributed by atoms with Crippen LogP contribution in [-0.4, -0.2) is 34.9 Å². The van der Waals surface area contributed by atoms with Crippen molar-refractivity contribution in [3.63, 3.8) is 0 Å². The number of aryl methyl sites for hydroxylation is 1. The highest BCUT2D eigenvalue weighted by atomic mass is 16.7. The molecule has 6 nitrogen and oxygen atoms in total. The van der Waals surface area contributed by atoms with Crippen LogP contribution in [0.15, 0.2) is 66.7 Å². The number of carbonyl (C=O) groups excluding carboxylic acids is 1. The molecule has 0 saturated carbocycles. The Bertz CT molecular complexity index is 1090. The number of hydrogen-bond donors (Lipinski definition) is 1. The van der Waals surface area contributed by atoms with Crippen LogP contribution in [0.2, 0.25) is 0 Å². The first-order chi connectivity index (χ1) is 14.7. The fourth-order valence-corrected chi connectivity index (χ4v) is 4.60. The lowest BCUT2D eigenvalue weighted by Gasteiger charge is -2.37. The fourth-order valence-electron chi connectivity index (χ4n) is 4.60. The summed E-state index contributed by atoms with van der Waals surface area (Å²) in [5, 5.41) is 6.33. The number of ether oxygens (including phenoxy) is 1. The van der Waals surface area contributed by atoms with Gasteiger partial charge in [0.1, 0.15) is 6.61 Å². The molecular weight excluding hydrogens is 378 g/mol. The molecule has 0 bridgehead atoms. The van der Waals surface area contributed by atoms with Crippen molar-refractivity contribution in [2.24, 2.45) is 7.05 Å². The molecule has 6 heteroatoms. The van der Waals surface area contributed by atoms with Crippen LogP contribution in [0.25, 0.3) is 10.9 Å². The predicted molar refractivity (Wildman–Crippen MR) is 115 cm³/mol. The Morgan fingerprint density at radius 3 is 2.83 bits per heavy atom. The Hall–Kier alpha value is -3.09. The highest BCUT2D eigenvalue weighted by Gasteiger charge is 2.39. The van der Waals surface area contributed by atoms with Crippen LogP contribution < -0.4 is 5.32 Å². The minimum Gasteiger partial charge on any atom is -0.445 e. The first-order valence-corrected chi connectivity index (χ1v) is 10.3. The third-order valence-electron chi connectivity index (χ3n) is 5.95. The van der Waals surface area contributed by atoms with Crippen LogP contribution in [0.3, 0.4) is 0 Å². The lowest BCUT2D eigenvalue weighted by Crippen LogP contribution is -2.47. The maximum absolute atomic E-state index is 12.6. The third-order valence-corrected chi connectivity index (χ3v) is 5.95. The molecule has 2 atom stereocenters. The molecular formula is C24H25N3O3. The van der Waals surface area contributed by atoms with Gasteiger partial charge < -0.3 is 14.6 Å². The largest absolute Gasteiger partial charge is 0.445 e. The van der Waals surface area contributed by atoms with Gasteiger partial charge in [-0.1, -0.05) is 60.7 Å². The zero-order valence-corrected chi connectivity index (χ0v) is 17.0. The zero-order chi connectivity index (χ0) is 20.5. The minimum absolute atomic E-state index is 0.117. The lowest BCUT2D eigenvalue weighted by molar-refractivity contribution is -0.184. The smallest absolute Gasteiger partial charge is 0.408 e. The quantitative estimate of drug-likeness (QED) is 0.675. The van der Waals surface area contributed by atoms with E-state index in [0.717, 1.165) is 18.5 Å². The summed E-state index contributed by atoms with van der Waals surface area (Å²) in [6, 6.07) is 17.8. The number of hydrogen-bond acceptors (Lipinski definition) is 4. The number of carbonyl (C=O) groups is 1. The molecule has 154 valence electrons. The molecule has 2 aliphatic heterocycles. The van der Waals surface area contributed by atoms with Gasteiger partial charge in [-0.2, -0.15) is 5.06 Å². The summed E-state index contributed by atoms with van der Waals surface area (Å²) in [5.74, 6) is 0. The standard InChI is InChI=1S/C24H25N3O3/c1-26-21-12-6-5-10-18(21)19-13-14-27-23(22(19)26)20(11-7-15-30-27)25-24(28)29-16-17-8-3-2-4-9-17/h2-12,20,23H,13-16H2,1H3,(H,25,28)/t20-,23+/m1/s1. The van der Waals surface area contributed by atoms with Crippen LogP contribution in [-0.2, 0) is 29.6 Å². The summed E-state index contributed by atoms with van der Waals surface area (Å²) in [5.41, 5.74) is 4.67. The molecule has 0 radical (unpaired) electrons. The Morgan fingerprint density at radius 2 is 1.97 bits per heavy atom. The topological polar surface area (TPSA) is 55.7 Å². The van der Waals surface area contributed by atoms with E-state index in [4.69, 9.17) is 9.57 Å². The van der Waals surface area contributed by atoms with Crippen molar-refractivity contribution in [2.75, 3.05) is 13.2 Å². The average molecular weight is 403 g/mol. The van der Waals surface area contributed by atoms with Crippen LogP contribution in [0.5, 0.6) is 0 Å². The van der Waals surface area contributed by atoms with Gasteiger partial charge in [0.25, 0.3) is 0 Å². The number of alkyl carbamates (subject to hydrolysis) is 1. The highest BCUT2D eigenvalue weighted by Crippen LogP contribution is 2.39. The van der Waals surface area contributed by atoms with Crippen molar-refractivity contribution in [1.82, 2.24) is 14.9 Å². The monoisotopic (exact) mass is 403 g/mol. The van der Waals surface area contributed by atoms with Crippen molar-refractivity contribution >= 4 is 17.0 Å². The number of rotatable bonds is 3. The maximum Gasteiger partial charge on any atom is 0.408 e. The predicted octanol–water partition coefficient (Wildman–Crippen LogP) is 3.87. The van der Waals surface area contributed by atoms with Gasteiger partial charge in [0.2, 0.25) is 0 Å². The van der Waals surface area contributed by atoms with Crippen LogP contribution in [0.1, 0.15) is 22.9 Å². The van der Waals surface area contributed by atoms with Crippen molar-refractivity contribution in [3.05, 3.63) is 83.6 Å². The first-order valence-electron chi connectivity index (χ1n) is 10.3. The number of hydroxylamine groups is 2. The SMILES string of the molecule is Cn1c2c(c3ccccc31)CCN1OCC=C[C@@H](NC(=O)OCc3ccccc3)[C@@H]21. The van der Waals surface area contributed by atoms with E-state index in [9.17, 15) is 4.79 Å². The van der Waals surface area contributed by atoms with Crippen LogP contribution in [0, 0.1) is 0 Å². The fraction of sp³-hybridized carbons (Fsp3) is 0.292. The summed E-state index contributed by atoms with van der Waals surface area (Å²) in [6.45, 7) is 1.52. The summed E-state index contributed by atoms with van der Waals surface area (Å²) in [7, 11) is 2.09. The van der Waals surface area contributed by atoms with Crippen molar-refractivity contribution in [1.29, 1.82) is 0 Å². The first kappa shape index (κ1) is 18.9. The van der Waals surface area contributed by atoms with E-state index in [-0.39, 0.29) is 18.7 Å². The van der Waals surface area contributed by atoms with Crippen molar-refractivity contribution < 1.29 is 14.4 Å². The number of amides is 1. The molecule has 2 aromatic carbocycles. The molecule has 0 aliphatic carbocycles.